The first-order valence-corrected chi connectivity index (χ1v) is 32.5. The second-order valence-electron chi connectivity index (χ2n) is 27.3. The number of aryl methyl sites for hydroxylation is 21. The average Bonchev–Trinajstić information content (AvgIpc) is 0.746. The third-order valence-corrected chi connectivity index (χ3v) is 17.1. The molecule has 0 aliphatic heterocycles. The van der Waals surface area contributed by atoms with Gasteiger partial charge in [-0.25, -0.2) is 22.8 Å². The summed E-state index contributed by atoms with van der Waals surface area (Å²) >= 11 is 0. The molecule has 5 nitrogen and oxygen atoms in total. The van der Waals surface area contributed by atoms with Crippen LogP contribution in [0.3, 0.4) is 0 Å². The molecule has 0 aliphatic carbocycles. The lowest BCUT2D eigenvalue weighted by atomic mass is 9.86. The molecular weight excluding hydrogens is 1150 g/mol. The molecule has 10 aromatic rings. The molecule has 500 valence electrons. The molecule has 95 heavy (non-hydrogen) atoms. The van der Waals surface area contributed by atoms with Gasteiger partial charge >= 0.3 is 0 Å². The van der Waals surface area contributed by atoms with Gasteiger partial charge in [0.15, 0.2) is 31.0 Å². The quantitative estimate of drug-likeness (QED) is 0.128. The molecule has 0 saturated carbocycles. The first kappa shape index (κ1) is 48.5. The molecule has 10 rings (SSSR count). The van der Waals surface area contributed by atoms with Crippen LogP contribution in [0.1, 0.15) is 203 Å². The molecule has 5 aromatic carbocycles. The Kier molecular flexibility index (Phi) is 16.6. The van der Waals surface area contributed by atoms with Gasteiger partial charge < -0.3 is 0 Å². The van der Waals surface area contributed by atoms with Crippen molar-refractivity contribution >= 4 is 0 Å². The van der Waals surface area contributed by atoms with Crippen molar-refractivity contribution in [1.29, 1.82) is 0 Å². The molecule has 0 amide bonds. The van der Waals surface area contributed by atoms with Gasteiger partial charge in [0.25, 0.3) is 0 Å². The van der Waals surface area contributed by atoms with Crippen molar-refractivity contribution < 1.29 is 54.4 Å². The largest absolute Gasteiger partial charge is 0.212 e. The van der Waals surface area contributed by atoms with Gasteiger partial charge in [0.05, 0.1) is 0 Å². The first-order valence-electron chi connectivity index (χ1n) is 44.0. The molecule has 0 saturated heterocycles. The summed E-state index contributed by atoms with van der Waals surface area (Å²) < 4.78 is 190. The van der Waals surface area contributed by atoms with E-state index in [1.54, 1.807) is 151 Å². The summed E-state index contributed by atoms with van der Waals surface area (Å²) in [6, 6.07) is 35.4. The maximum atomic E-state index is 8.67. The van der Waals surface area contributed by atoms with Crippen LogP contribution in [0.2, 0.25) is 0 Å². The average molecular weight is 1300 g/mol. The molecule has 0 bridgehead atoms. The molecule has 1 unspecified atom stereocenters. The van der Waals surface area contributed by atoms with Crippen molar-refractivity contribution in [3.63, 3.8) is 0 Å². The van der Waals surface area contributed by atoms with Gasteiger partial charge in [-0.15, -0.1) is 0 Å². The minimum atomic E-state index is -2.47. The summed E-state index contributed by atoms with van der Waals surface area (Å²) in [6.45, 7) is 22.9. The lowest BCUT2D eigenvalue weighted by Gasteiger charge is -2.19. The van der Waals surface area contributed by atoms with Crippen LogP contribution in [0.25, 0.3) is 56.3 Å². The van der Waals surface area contributed by atoms with Crippen LogP contribution in [0, 0.1) is 136 Å². The minimum absolute atomic E-state index is 0.0192. The Bertz CT molecular complexity index is 5330. The number of benzene rings is 5. The number of aromatic nitrogens is 5. The molecule has 0 fully saturated rings. The SMILES string of the molecule is Cc1cc(C)c(C)c(-c2cc(C)c(C)c[n+]2C)c1.Cc1cc(C)c(C)c(-c2ccc(C)c[n+]2C)c1.[2H]C([2H])([2H])c1ccc(-c2cc(C([2H])([2H])C(C)(C)C)c(C([2H])([2H])[2H])c[n+]2C)c(C)c1.[2H]C([2H])([2H])c1ccc(-c2cc(C([2H])([2H])C(C)C)c(C([2H])([2H])[2H])c[n+]2C)c(C)c1.[2H]C([2H])([2H])c1ccc(-c2cc(C)c(C([2H])(C)C([2H])([2H])[2H])c[n+]2C)c(C)c1. The lowest BCUT2D eigenvalue weighted by molar-refractivity contribution is -0.661. The standard InChI is InChI=1S/C20H28N.C19H26N.C18H24N.C17H22N.C16H20N/c1-14-8-9-18(15(2)10-14)19-11-17(12-20(4,5)6)16(3)13-21(19)7;1-13(2)9-17-11-19(20(6)12-16(17)5)18-8-7-14(3)10-15(18)4;1-12(2)17-11-19(6)18(10-15(17)5)16-8-7-13(3)9-14(16)4;1-11-7-13(3)15(5)16(8-11)17-9-12(2)14(4)10-18(17)6;1-11-6-7-16(17(5)10-11)15-9-12(2)8-13(3)14(15)4/h8-11,13H,12H2,1-7H3;7-8,10-13H,9H2,1-6H3;7-12H,1-6H3;7-10H,1-6H3;6-10H,1-5H3/q5*+1/i1D3,3D3,12D2;3D3,5D3,9D2;1D3,3D3,12D;;. The van der Waals surface area contributed by atoms with E-state index >= 15 is 0 Å². The van der Waals surface area contributed by atoms with Crippen molar-refractivity contribution in [3.05, 3.63) is 263 Å². The zero-order valence-electron chi connectivity index (χ0n) is 84.2. The second kappa shape index (κ2) is 32.5. The second-order valence-corrected chi connectivity index (χ2v) is 27.3. The molecule has 5 aromatic heterocycles. The topological polar surface area (TPSA) is 19.4 Å². The fraction of sp³-hybridized carbons (Fsp3) is 0.389. The Balaban J connectivity index is 0.000000232. The van der Waals surface area contributed by atoms with Crippen LogP contribution in [-0.2, 0) is 48.0 Å². The Labute approximate surface area is 609 Å². The van der Waals surface area contributed by atoms with Gasteiger partial charge in [-0.1, -0.05) is 125 Å². The van der Waals surface area contributed by atoms with Gasteiger partial charge in [-0.05, 0) is 252 Å². The zero-order valence-corrected chi connectivity index (χ0v) is 61.2. The molecular formula is C90H120N5+5. The van der Waals surface area contributed by atoms with E-state index in [0.29, 0.717) is 22.5 Å². The van der Waals surface area contributed by atoms with Crippen LogP contribution in [-0.4, -0.2) is 0 Å². The Morgan fingerprint density at radius 3 is 1.15 bits per heavy atom. The highest BCUT2D eigenvalue weighted by molar-refractivity contribution is 5.67. The number of hydrogen-bond donors (Lipinski definition) is 0. The number of pyridine rings is 5. The molecule has 5 heteroatoms. The Morgan fingerprint density at radius 2 is 0.726 bits per heavy atom. The summed E-state index contributed by atoms with van der Waals surface area (Å²) in [7, 11) is 9.44. The summed E-state index contributed by atoms with van der Waals surface area (Å²) in [4.78, 5) is 0. The molecule has 1 atom stereocenters. The smallest absolute Gasteiger partial charge is 0.201 e. The molecule has 5 heterocycles. The van der Waals surface area contributed by atoms with Crippen LogP contribution in [0.5, 0.6) is 0 Å². The molecule has 0 radical (unpaired) electrons. The van der Waals surface area contributed by atoms with Crippen LogP contribution < -0.4 is 22.8 Å². The maximum Gasteiger partial charge on any atom is 0.212 e. The monoisotopic (exact) mass is 1290 g/mol. The zero-order chi connectivity index (χ0) is 90.3. The first-order chi connectivity index (χ1) is 53.5. The van der Waals surface area contributed by atoms with Crippen molar-refractivity contribution in [2.24, 2.45) is 46.6 Å². The summed E-state index contributed by atoms with van der Waals surface area (Å²) in [5.41, 5.74) is 25.3. The summed E-state index contributed by atoms with van der Waals surface area (Å²) in [5.74, 6) is -2.14. The van der Waals surface area contributed by atoms with Crippen molar-refractivity contribution in [2.45, 2.75) is 191 Å². The van der Waals surface area contributed by atoms with E-state index in [0.717, 1.165) is 39.1 Å². The predicted molar refractivity (Wildman–Crippen MR) is 406 cm³/mol. The van der Waals surface area contributed by atoms with Crippen LogP contribution in [0.15, 0.2) is 146 Å². The molecule has 0 spiro atoms. The van der Waals surface area contributed by atoms with E-state index in [1.165, 1.54) is 104 Å². The van der Waals surface area contributed by atoms with Crippen LogP contribution >= 0.6 is 0 Å². The normalized spacial score (nSPS) is 16.4. The summed E-state index contributed by atoms with van der Waals surface area (Å²) in [6.07, 6.45) is 5.24. The number of hydrogen-bond acceptors (Lipinski definition) is 0. The van der Waals surface area contributed by atoms with E-state index in [9.17, 15) is 0 Å². The van der Waals surface area contributed by atoms with Gasteiger partial charge in [-0.3, -0.25) is 0 Å². The van der Waals surface area contributed by atoms with E-state index in [-0.39, 0.29) is 38.9 Å². The van der Waals surface area contributed by atoms with E-state index in [4.69, 9.17) is 31.5 Å². The van der Waals surface area contributed by atoms with Crippen molar-refractivity contribution in [3.8, 4) is 56.3 Å². The fourth-order valence-corrected chi connectivity index (χ4v) is 11.8. The fourth-order valence-electron chi connectivity index (χ4n) is 11.8. The van der Waals surface area contributed by atoms with Crippen molar-refractivity contribution in [2.75, 3.05) is 0 Å². The highest BCUT2D eigenvalue weighted by Gasteiger charge is 2.23. The Hall–Kier alpha value is -8.15. The predicted octanol–water partition coefficient (Wildman–Crippen LogP) is 20.4. The lowest BCUT2D eigenvalue weighted by Crippen LogP contribution is -2.32. The summed E-state index contributed by atoms with van der Waals surface area (Å²) in [5, 5.41) is 0. The van der Waals surface area contributed by atoms with E-state index in [1.807, 2.05) is 13.0 Å². The molecule has 0 aliphatic rings. The third-order valence-electron chi connectivity index (χ3n) is 17.1. The Morgan fingerprint density at radius 1 is 0.347 bits per heavy atom. The van der Waals surface area contributed by atoms with Gasteiger partial charge in [-0.2, -0.15) is 0 Å². The minimum Gasteiger partial charge on any atom is -0.201 e. The third kappa shape index (κ3) is 20.2. The van der Waals surface area contributed by atoms with Crippen molar-refractivity contribution in [1.82, 2.24) is 0 Å². The number of rotatable bonds is 9. The van der Waals surface area contributed by atoms with Gasteiger partial charge in [0.2, 0.25) is 28.5 Å². The van der Waals surface area contributed by atoms with Gasteiger partial charge in [0, 0.05) is 117 Å². The van der Waals surface area contributed by atoms with E-state index in [2.05, 4.69) is 140 Å². The van der Waals surface area contributed by atoms with E-state index < -0.39 is 71.1 Å². The highest BCUT2D eigenvalue weighted by Crippen LogP contribution is 2.31. The van der Waals surface area contributed by atoms with Crippen LogP contribution in [0.4, 0.5) is 0 Å². The van der Waals surface area contributed by atoms with Gasteiger partial charge in [0.1, 0.15) is 35.2 Å². The highest BCUT2D eigenvalue weighted by atomic mass is 14.9. The molecule has 0 N–H and O–H groups in total. The maximum absolute atomic E-state index is 8.67. The number of nitrogens with zero attached hydrogens (tertiary/aromatic N) is 5.